The van der Waals surface area contributed by atoms with Crippen LogP contribution in [0.25, 0.3) is 0 Å². The maximum Gasteiger partial charge on any atom is 0.307 e. The molecule has 1 aromatic carbocycles. The molecule has 6 heteroatoms. The maximum atomic E-state index is 12.3. The molecule has 0 radical (unpaired) electrons. The zero-order valence-electron chi connectivity index (χ0n) is 10.1. The van der Waals surface area contributed by atoms with Crippen molar-refractivity contribution in [3.8, 4) is 17.2 Å². The molecule has 0 aliphatic rings. The molecule has 1 aromatic rings. The van der Waals surface area contributed by atoms with Crippen molar-refractivity contribution < 1.29 is 27.8 Å². The van der Waals surface area contributed by atoms with Gasteiger partial charge in [0, 0.05) is 5.56 Å². The van der Waals surface area contributed by atoms with Gasteiger partial charge in [-0.25, -0.2) is 0 Å². The summed E-state index contributed by atoms with van der Waals surface area (Å²) >= 11 is 0. The summed E-state index contributed by atoms with van der Waals surface area (Å²) in [5.74, 6) is -0.296. The monoisotopic (exact) mass is 258 g/mol. The van der Waals surface area contributed by atoms with Crippen molar-refractivity contribution in [3.63, 3.8) is 0 Å². The van der Waals surface area contributed by atoms with Crippen LogP contribution in [-0.4, -0.2) is 20.5 Å². The fourth-order valence-corrected chi connectivity index (χ4v) is 1.26. The molecule has 98 valence electrons. The summed E-state index contributed by atoms with van der Waals surface area (Å²) < 4.78 is 39.6. The van der Waals surface area contributed by atoms with E-state index in [1.54, 1.807) is 0 Å². The van der Waals surface area contributed by atoms with Gasteiger partial charge in [0.2, 0.25) is 5.75 Å². The predicted octanol–water partition coefficient (Wildman–Crippen LogP) is 3.02. The number of ether oxygens (including phenoxy) is 3. The molecule has 0 saturated heterocycles. The van der Waals surface area contributed by atoms with E-state index in [0.717, 1.165) is 6.92 Å². The van der Waals surface area contributed by atoms with Gasteiger partial charge in [-0.3, -0.25) is 4.79 Å². The Hall–Kier alpha value is -2.11. The van der Waals surface area contributed by atoms with Gasteiger partial charge >= 0.3 is 6.08 Å². The van der Waals surface area contributed by atoms with Crippen molar-refractivity contribution in [2.75, 3.05) is 14.2 Å². The van der Waals surface area contributed by atoms with Crippen molar-refractivity contribution in [2.24, 2.45) is 0 Å². The SMILES string of the molecule is COc1cc(C=O)cc(OC)c1OC(C)=C(F)F. The van der Waals surface area contributed by atoms with E-state index in [2.05, 4.69) is 0 Å². The van der Waals surface area contributed by atoms with E-state index in [-0.39, 0.29) is 17.2 Å². The van der Waals surface area contributed by atoms with Gasteiger partial charge in [0.25, 0.3) is 0 Å². The van der Waals surface area contributed by atoms with Crippen molar-refractivity contribution in [1.82, 2.24) is 0 Å². The largest absolute Gasteiger partial charge is 0.493 e. The summed E-state index contributed by atoms with van der Waals surface area (Å²) in [6, 6.07) is 2.74. The van der Waals surface area contributed by atoms with Crippen molar-refractivity contribution in [2.45, 2.75) is 6.92 Å². The minimum Gasteiger partial charge on any atom is -0.493 e. The van der Waals surface area contributed by atoms with Crippen LogP contribution in [0.4, 0.5) is 8.78 Å². The minimum absolute atomic E-state index is 0.00380. The fourth-order valence-electron chi connectivity index (χ4n) is 1.26. The molecule has 0 N–H and O–H groups in total. The van der Waals surface area contributed by atoms with Crippen LogP contribution in [0.1, 0.15) is 17.3 Å². The number of allylic oxidation sites excluding steroid dienone is 1. The van der Waals surface area contributed by atoms with Gasteiger partial charge < -0.3 is 14.2 Å². The summed E-state index contributed by atoms with van der Waals surface area (Å²) in [4.78, 5) is 10.7. The lowest BCUT2D eigenvalue weighted by Gasteiger charge is -2.14. The van der Waals surface area contributed by atoms with Gasteiger partial charge in [-0.05, 0) is 19.1 Å². The molecule has 0 aliphatic heterocycles. The van der Waals surface area contributed by atoms with Crippen LogP contribution in [0, 0.1) is 0 Å². The van der Waals surface area contributed by atoms with Gasteiger partial charge in [-0.1, -0.05) is 0 Å². The smallest absolute Gasteiger partial charge is 0.307 e. The first-order valence-electron chi connectivity index (χ1n) is 4.94. The lowest BCUT2D eigenvalue weighted by atomic mass is 10.2. The molecule has 18 heavy (non-hydrogen) atoms. The molecule has 0 saturated carbocycles. The Labute approximate surface area is 103 Å². The fraction of sp³-hybridized carbons (Fsp3) is 0.250. The third kappa shape index (κ3) is 2.97. The van der Waals surface area contributed by atoms with Gasteiger partial charge in [-0.2, -0.15) is 8.78 Å². The molecule has 0 aliphatic carbocycles. The molecular formula is C12H12F2O4. The summed E-state index contributed by atoms with van der Waals surface area (Å²) in [6.07, 6.45) is -1.36. The average Bonchev–Trinajstić information content (AvgIpc) is 2.38. The molecule has 0 unspecified atom stereocenters. The lowest BCUT2D eigenvalue weighted by molar-refractivity contribution is 0.112. The highest BCUT2D eigenvalue weighted by atomic mass is 19.3. The first-order valence-corrected chi connectivity index (χ1v) is 4.94. The number of methoxy groups -OCH3 is 2. The molecule has 0 aromatic heterocycles. The number of halogens is 2. The molecular weight excluding hydrogens is 246 g/mol. The molecule has 0 amide bonds. The third-order valence-electron chi connectivity index (χ3n) is 2.14. The normalized spacial score (nSPS) is 9.61. The number of benzene rings is 1. The Balaban J connectivity index is 3.31. The Bertz CT molecular complexity index is 454. The van der Waals surface area contributed by atoms with E-state index < -0.39 is 11.8 Å². The minimum atomic E-state index is -1.95. The Morgan fingerprint density at radius 3 is 2.00 bits per heavy atom. The Kier molecular flexibility index (Phi) is 4.65. The van der Waals surface area contributed by atoms with Crippen molar-refractivity contribution >= 4 is 6.29 Å². The van der Waals surface area contributed by atoms with Gasteiger partial charge in [0.15, 0.2) is 17.3 Å². The van der Waals surface area contributed by atoms with Crippen LogP contribution in [0.3, 0.4) is 0 Å². The standard InChI is InChI=1S/C12H12F2O4/c1-7(12(13)14)18-11-9(16-2)4-8(6-15)5-10(11)17-3/h4-6H,1-3H3. The van der Waals surface area contributed by atoms with E-state index in [1.165, 1.54) is 26.4 Å². The summed E-state index contributed by atoms with van der Waals surface area (Å²) in [5, 5.41) is 0. The second-order valence-electron chi connectivity index (χ2n) is 3.29. The van der Waals surface area contributed by atoms with E-state index in [4.69, 9.17) is 14.2 Å². The highest BCUT2D eigenvalue weighted by molar-refractivity contribution is 5.78. The number of hydrogen-bond donors (Lipinski definition) is 0. The first-order chi connectivity index (χ1) is 8.53. The van der Waals surface area contributed by atoms with Crippen LogP contribution < -0.4 is 14.2 Å². The first kappa shape index (κ1) is 14.0. The zero-order valence-corrected chi connectivity index (χ0v) is 10.1. The average molecular weight is 258 g/mol. The number of carbonyl (C=O) groups excluding carboxylic acids is 1. The molecule has 0 fully saturated rings. The molecule has 0 heterocycles. The molecule has 0 bridgehead atoms. The maximum absolute atomic E-state index is 12.3. The number of carbonyl (C=O) groups is 1. The molecule has 0 spiro atoms. The quantitative estimate of drug-likeness (QED) is 0.601. The summed E-state index contributed by atoms with van der Waals surface area (Å²) in [6.45, 7) is 1.11. The second-order valence-corrected chi connectivity index (χ2v) is 3.29. The van der Waals surface area contributed by atoms with Gasteiger partial charge in [0.1, 0.15) is 6.29 Å². The van der Waals surface area contributed by atoms with Crippen LogP contribution in [0.15, 0.2) is 24.0 Å². The highest BCUT2D eigenvalue weighted by Gasteiger charge is 2.16. The Morgan fingerprint density at radius 1 is 1.17 bits per heavy atom. The second kappa shape index (κ2) is 6.00. The van der Waals surface area contributed by atoms with Crippen LogP contribution in [0.2, 0.25) is 0 Å². The summed E-state index contributed by atoms with van der Waals surface area (Å²) in [7, 11) is 2.67. The third-order valence-corrected chi connectivity index (χ3v) is 2.14. The van der Waals surface area contributed by atoms with Crippen LogP contribution >= 0.6 is 0 Å². The lowest BCUT2D eigenvalue weighted by Crippen LogP contribution is -1.99. The van der Waals surface area contributed by atoms with Gasteiger partial charge in [-0.15, -0.1) is 0 Å². The van der Waals surface area contributed by atoms with Crippen molar-refractivity contribution in [3.05, 3.63) is 29.5 Å². The van der Waals surface area contributed by atoms with E-state index in [1.807, 2.05) is 0 Å². The highest BCUT2D eigenvalue weighted by Crippen LogP contribution is 2.39. The van der Waals surface area contributed by atoms with Crippen molar-refractivity contribution in [1.29, 1.82) is 0 Å². The number of rotatable bonds is 5. The van der Waals surface area contributed by atoms with E-state index >= 15 is 0 Å². The zero-order chi connectivity index (χ0) is 13.7. The number of aldehydes is 1. The topological polar surface area (TPSA) is 44.8 Å². The Morgan fingerprint density at radius 2 is 1.67 bits per heavy atom. The van der Waals surface area contributed by atoms with E-state index in [0.29, 0.717) is 11.8 Å². The number of hydrogen-bond acceptors (Lipinski definition) is 4. The van der Waals surface area contributed by atoms with E-state index in [9.17, 15) is 13.6 Å². The molecule has 1 rings (SSSR count). The van der Waals surface area contributed by atoms with Gasteiger partial charge in [0.05, 0.1) is 14.2 Å². The molecule has 0 atom stereocenters. The van der Waals surface area contributed by atoms with Crippen LogP contribution in [-0.2, 0) is 0 Å². The molecule has 4 nitrogen and oxygen atoms in total. The predicted molar refractivity (Wildman–Crippen MR) is 60.5 cm³/mol. The van der Waals surface area contributed by atoms with Crippen LogP contribution in [0.5, 0.6) is 17.2 Å². The summed E-state index contributed by atoms with van der Waals surface area (Å²) in [5.41, 5.74) is 0.290.